The summed E-state index contributed by atoms with van der Waals surface area (Å²) in [6.07, 6.45) is 2.01. The zero-order chi connectivity index (χ0) is 18.8. The monoisotopic (exact) mass is 367 g/mol. The first kappa shape index (κ1) is 16.8. The van der Waals surface area contributed by atoms with E-state index in [0.29, 0.717) is 30.6 Å². The van der Waals surface area contributed by atoms with E-state index in [-0.39, 0.29) is 18.3 Å². The average molecular weight is 367 g/mol. The third kappa shape index (κ3) is 3.39. The van der Waals surface area contributed by atoms with Gasteiger partial charge in [-0.3, -0.25) is 19.9 Å². The molecule has 3 heterocycles. The Morgan fingerprint density at radius 2 is 2.00 bits per heavy atom. The van der Waals surface area contributed by atoms with Crippen molar-refractivity contribution < 1.29 is 9.53 Å². The molecule has 9 nitrogen and oxygen atoms in total. The number of ether oxygens (including phenoxy) is 1. The first-order valence-corrected chi connectivity index (χ1v) is 8.47. The number of aromatic nitrogens is 4. The maximum absolute atomic E-state index is 12.2. The van der Waals surface area contributed by atoms with E-state index in [9.17, 15) is 14.4 Å². The number of aromatic amines is 3. The number of H-pyrrole nitrogens is 3. The maximum Gasteiger partial charge on any atom is 0.410 e. The minimum Gasteiger partial charge on any atom is -0.445 e. The van der Waals surface area contributed by atoms with Crippen molar-refractivity contribution in [2.24, 2.45) is 0 Å². The summed E-state index contributed by atoms with van der Waals surface area (Å²) < 4.78 is 5.34. The second kappa shape index (κ2) is 6.94. The molecule has 1 amide bonds. The van der Waals surface area contributed by atoms with Crippen LogP contribution in [0.25, 0.3) is 16.6 Å². The lowest BCUT2D eigenvalue weighted by atomic mass is 10.0. The maximum atomic E-state index is 12.2. The molecule has 4 rings (SSSR count). The van der Waals surface area contributed by atoms with Crippen LogP contribution in [0.5, 0.6) is 0 Å². The fraction of sp³-hybridized carbons (Fsp3) is 0.222. The number of hydrogen-bond acceptors (Lipinski definition) is 5. The molecule has 3 aromatic rings. The normalized spacial score (nSPS) is 14.2. The Balaban J connectivity index is 1.47. The molecule has 0 saturated carbocycles. The van der Waals surface area contributed by atoms with Gasteiger partial charge in [0.1, 0.15) is 12.0 Å². The van der Waals surface area contributed by atoms with Crippen LogP contribution in [-0.2, 0) is 11.3 Å². The van der Waals surface area contributed by atoms with Crippen LogP contribution in [0.1, 0.15) is 17.7 Å². The average Bonchev–Trinajstić information content (AvgIpc) is 3.11. The van der Waals surface area contributed by atoms with E-state index in [1.54, 1.807) is 4.90 Å². The lowest BCUT2D eigenvalue weighted by molar-refractivity contribution is 0.0998. The second-order valence-corrected chi connectivity index (χ2v) is 6.20. The number of nitrogens with zero attached hydrogens (tertiary/aromatic N) is 2. The smallest absolute Gasteiger partial charge is 0.410 e. The fourth-order valence-electron chi connectivity index (χ4n) is 3.06. The van der Waals surface area contributed by atoms with E-state index in [2.05, 4.69) is 20.2 Å². The van der Waals surface area contributed by atoms with Gasteiger partial charge in [0.05, 0.1) is 5.69 Å². The number of carbonyl (C=O) groups excluding carboxylic acids is 1. The molecular formula is C18H17N5O4. The summed E-state index contributed by atoms with van der Waals surface area (Å²) >= 11 is 0. The number of carbonyl (C=O) groups is 1. The van der Waals surface area contributed by atoms with Crippen molar-refractivity contribution in [3.63, 3.8) is 0 Å². The summed E-state index contributed by atoms with van der Waals surface area (Å²) in [4.78, 5) is 41.9. The number of rotatable bonds is 3. The Labute approximate surface area is 152 Å². The molecule has 2 aromatic heterocycles. The first-order chi connectivity index (χ1) is 13.1. The van der Waals surface area contributed by atoms with E-state index in [4.69, 9.17) is 4.74 Å². The molecule has 0 saturated heterocycles. The molecule has 1 aromatic carbocycles. The highest BCUT2D eigenvalue weighted by Crippen LogP contribution is 2.24. The van der Waals surface area contributed by atoms with Crippen LogP contribution in [0.4, 0.5) is 4.79 Å². The van der Waals surface area contributed by atoms with Crippen LogP contribution < -0.4 is 11.2 Å². The van der Waals surface area contributed by atoms with Crippen LogP contribution in [0.15, 0.2) is 46.0 Å². The summed E-state index contributed by atoms with van der Waals surface area (Å²) in [5, 5.41) is 7.09. The highest BCUT2D eigenvalue weighted by molar-refractivity contribution is 5.87. The highest BCUT2D eigenvalue weighted by atomic mass is 16.6. The Hall–Kier alpha value is -3.62. The fourth-order valence-corrected chi connectivity index (χ4v) is 3.06. The summed E-state index contributed by atoms with van der Waals surface area (Å²) in [6, 6.07) is 9.48. The van der Waals surface area contributed by atoms with Crippen molar-refractivity contribution >= 4 is 22.7 Å². The van der Waals surface area contributed by atoms with Crippen LogP contribution in [0.3, 0.4) is 0 Å². The predicted molar refractivity (Wildman–Crippen MR) is 98.1 cm³/mol. The Bertz CT molecular complexity index is 1130. The molecule has 1 aliphatic rings. The van der Waals surface area contributed by atoms with Gasteiger partial charge < -0.3 is 9.64 Å². The summed E-state index contributed by atoms with van der Waals surface area (Å²) in [5.41, 5.74) is 1.46. The number of hydrogen-bond donors (Lipinski definition) is 3. The molecule has 1 aliphatic heterocycles. The third-order valence-electron chi connectivity index (χ3n) is 4.45. The van der Waals surface area contributed by atoms with E-state index >= 15 is 0 Å². The van der Waals surface area contributed by atoms with Gasteiger partial charge in [0, 0.05) is 13.1 Å². The van der Waals surface area contributed by atoms with Gasteiger partial charge in [-0.2, -0.15) is 5.10 Å². The van der Waals surface area contributed by atoms with E-state index in [0.717, 1.165) is 11.1 Å². The van der Waals surface area contributed by atoms with Gasteiger partial charge in [0.25, 0.3) is 5.56 Å². The van der Waals surface area contributed by atoms with Gasteiger partial charge in [-0.05, 0) is 17.6 Å². The lowest BCUT2D eigenvalue weighted by Gasteiger charge is -2.25. The number of nitrogens with one attached hydrogen (secondary N) is 3. The molecule has 27 heavy (non-hydrogen) atoms. The lowest BCUT2D eigenvalue weighted by Crippen LogP contribution is -2.35. The predicted octanol–water partition coefficient (Wildman–Crippen LogP) is 1.37. The standard InChI is InChI=1S/C18H17N5O4/c24-16-13-14(21-22-15(13)19-17(25)20-16)12-6-8-23(9-7-12)18(26)27-10-11-4-2-1-3-5-11/h1-6H,7-10H2,(H3,19,20,21,22,24,25). The van der Waals surface area contributed by atoms with Crippen LogP contribution in [0.2, 0.25) is 0 Å². The van der Waals surface area contributed by atoms with Crippen molar-refractivity contribution in [3.05, 3.63) is 68.5 Å². The summed E-state index contributed by atoms with van der Waals surface area (Å²) in [5.74, 6) is 0. The van der Waals surface area contributed by atoms with E-state index < -0.39 is 11.2 Å². The zero-order valence-corrected chi connectivity index (χ0v) is 14.3. The molecule has 0 radical (unpaired) electrons. The van der Waals surface area contributed by atoms with Crippen LogP contribution in [-0.4, -0.2) is 44.2 Å². The number of benzene rings is 1. The highest BCUT2D eigenvalue weighted by Gasteiger charge is 2.22. The molecule has 0 unspecified atom stereocenters. The Morgan fingerprint density at radius 1 is 1.19 bits per heavy atom. The van der Waals surface area contributed by atoms with Crippen molar-refractivity contribution in [3.8, 4) is 0 Å². The van der Waals surface area contributed by atoms with Crippen LogP contribution >= 0.6 is 0 Å². The SMILES string of the molecule is O=C(OCc1ccccc1)N1CC=C(c2[nH]nc3[nH]c(=O)[nH]c(=O)c23)CC1. The molecule has 9 heteroatoms. The van der Waals surface area contributed by atoms with Gasteiger partial charge in [-0.15, -0.1) is 0 Å². The topological polar surface area (TPSA) is 124 Å². The van der Waals surface area contributed by atoms with E-state index in [1.165, 1.54) is 0 Å². The molecule has 3 N–H and O–H groups in total. The molecule has 0 aliphatic carbocycles. The quantitative estimate of drug-likeness (QED) is 0.645. The third-order valence-corrected chi connectivity index (χ3v) is 4.45. The van der Waals surface area contributed by atoms with Crippen LogP contribution in [0, 0.1) is 0 Å². The van der Waals surface area contributed by atoms with Crippen molar-refractivity contribution in [2.75, 3.05) is 13.1 Å². The van der Waals surface area contributed by atoms with Crippen molar-refractivity contribution in [1.82, 2.24) is 25.1 Å². The summed E-state index contributed by atoms with van der Waals surface area (Å²) in [7, 11) is 0. The minimum absolute atomic E-state index is 0.212. The van der Waals surface area contributed by atoms with Gasteiger partial charge in [0.2, 0.25) is 0 Å². The number of amides is 1. The van der Waals surface area contributed by atoms with Gasteiger partial charge in [-0.25, -0.2) is 9.59 Å². The Morgan fingerprint density at radius 3 is 2.74 bits per heavy atom. The molecule has 0 atom stereocenters. The van der Waals surface area contributed by atoms with Gasteiger partial charge in [0.15, 0.2) is 5.65 Å². The number of fused-ring (bicyclic) bond motifs is 1. The molecule has 0 spiro atoms. The molecule has 0 fully saturated rings. The molecule has 0 bridgehead atoms. The summed E-state index contributed by atoms with van der Waals surface area (Å²) in [6.45, 7) is 1.05. The first-order valence-electron chi connectivity index (χ1n) is 8.47. The minimum atomic E-state index is -0.601. The molecular weight excluding hydrogens is 350 g/mol. The zero-order valence-electron chi connectivity index (χ0n) is 14.3. The van der Waals surface area contributed by atoms with Gasteiger partial charge >= 0.3 is 11.8 Å². The largest absolute Gasteiger partial charge is 0.445 e. The van der Waals surface area contributed by atoms with Crippen molar-refractivity contribution in [1.29, 1.82) is 0 Å². The van der Waals surface area contributed by atoms with E-state index in [1.807, 2.05) is 36.4 Å². The van der Waals surface area contributed by atoms with Gasteiger partial charge in [-0.1, -0.05) is 36.4 Å². The second-order valence-electron chi connectivity index (χ2n) is 6.20. The Kier molecular flexibility index (Phi) is 4.33. The molecule has 138 valence electrons. The van der Waals surface area contributed by atoms with Crippen molar-refractivity contribution in [2.45, 2.75) is 13.0 Å².